The monoisotopic (exact) mass is 351 g/mol. The number of nitrogens with one attached hydrogen (secondary N) is 1. The van der Waals surface area contributed by atoms with Gasteiger partial charge in [0.25, 0.3) is 0 Å². The van der Waals surface area contributed by atoms with E-state index in [2.05, 4.69) is 22.7 Å². The molecule has 0 radical (unpaired) electrons. The Morgan fingerprint density at radius 3 is 3.00 bits per heavy atom. The fraction of sp³-hybridized carbons (Fsp3) is 0.353. The summed E-state index contributed by atoms with van der Waals surface area (Å²) in [5, 5.41) is 8.81. The molecule has 0 saturated heterocycles. The van der Waals surface area contributed by atoms with Gasteiger partial charge in [-0.25, -0.2) is 0 Å². The van der Waals surface area contributed by atoms with E-state index in [0.29, 0.717) is 16.7 Å². The van der Waals surface area contributed by atoms with Gasteiger partial charge in [-0.2, -0.15) is 5.10 Å². The van der Waals surface area contributed by atoms with Gasteiger partial charge in [0.05, 0.1) is 11.2 Å². The van der Waals surface area contributed by atoms with Crippen molar-refractivity contribution < 1.29 is 4.74 Å². The van der Waals surface area contributed by atoms with Crippen LogP contribution in [0.5, 0.6) is 5.75 Å². The Morgan fingerprint density at radius 1 is 1.35 bits per heavy atom. The van der Waals surface area contributed by atoms with Crippen LogP contribution in [0.25, 0.3) is 6.08 Å². The van der Waals surface area contributed by atoms with E-state index in [-0.39, 0.29) is 0 Å². The summed E-state index contributed by atoms with van der Waals surface area (Å²) < 4.78 is 7.58. The Bertz CT molecular complexity index is 725. The van der Waals surface area contributed by atoms with Crippen LogP contribution in [0.2, 0.25) is 10.0 Å². The zero-order valence-corrected chi connectivity index (χ0v) is 14.5. The number of ether oxygens (including phenoxy) is 1. The molecule has 122 valence electrons. The molecule has 0 amide bonds. The minimum Gasteiger partial charge on any atom is -0.487 e. The van der Waals surface area contributed by atoms with E-state index >= 15 is 0 Å². The molecule has 2 aromatic rings. The maximum Gasteiger partial charge on any atom is 0.145 e. The number of halogens is 2. The summed E-state index contributed by atoms with van der Waals surface area (Å²) in [6.45, 7) is 2.32. The number of aryl methyl sites for hydroxylation is 2. The average molecular weight is 352 g/mol. The lowest BCUT2D eigenvalue weighted by atomic mass is 10.1. The van der Waals surface area contributed by atoms with Gasteiger partial charge in [-0.3, -0.25) is 4.68 Å². The molecule has 0 atom stereocenters. The molecule has 0 bridgehead atoms. The normalized spacial score (nSPS) is 13.4. The quantitative estimate of drug-likeness (QED) is 0.806. The molecule has 1 aliphatic rings. The molecule has 0 saturated carbocycles. The van der Waals surface area contributed by atoms with E-state index in [4.69, 9.17) is 27.9 Å². The van der Waals surface area contributed by atoms with Crippen molar-refractivity contribution >= 4 is 29.3 Å². The molecule has 4 nitrogen and oxygen atoms in total. The Hall–Kier alpha value is -1.49. The zero-order chi connectivity index (χ0) is 16.2. The molecule has 2 heterocycles. The molecule has 1 aromatic carbocycles. The van der Waals surface area contributed by atoms with Crippen LogP contribution in [0.4, 0.5) is 0 Å². The number of fused-ring (bicyclic) bond motifs is 1. The minimum atomic E-state index is 0.559. The summed E-state index contributed by atoms with van der Waals surface area (Å²) in [4.78, 5) is 0. The average Bonchev–Trinajstić information content (AvgIpc) is 2.92. The van der Waals surface area contributed by atoms with Gasteiger partial charge in [0.2, 0.25) is 0 Å². The summed E-state index contributed by atoms with van der Waals surface area (Å²) in [5.74, 6) is 0.719. The Balaban J connectivity index is 1.48. The highest BCUT2D eigenvalue weighted by atomic mass is 35.5. The van der Waals surface area contributed by atoms with Crippen LogP contribution in [0, 0.1) is 0 Å². The van der Waals surface area contributed by atoms with Crippen molar-refractivity contribution in [2.24, 2.45) is 7.05 Å². The highest BCUT2D eigenvalue weighted by molar-refractivity contribution is 6.36. The van der Waals surface area contributed by atoms with Gasteiger partial charge in [-0.05, 0) is 48.7 Å². The molecule has 6 heteroatoms. The first kappa shape index (κ1) is 16.4. The first-order valence-corrected chi connectivity index (χ1v) is 8.37. The molecule has 1 N–H and O–H groups in total. The van der Waals surface area contributed by atoms with Gasteiger partial charge in [0.15, 0.2) is 0 Å². The number of nitrogens with zero attached hydrogens (tertiary/aromatic N) is 2. The Morgan fingerprint density at radius 2 is 2.22 bits per heavy atom. The molecule has 1 aromatic heterocycles. The Kier molecular flexibility index (Phi) is 5.26. The van der Waals surface area contributed by atoms with E-state index in [1.54, 1.807) is 6.07 Å². The summed E-state index contributed by atoms with van der Waals surface area (Å²) in [6.07, 6.45) is 8.19. The number of hydrogen-bond acceptors (Lipinski definition) is 3. The van der Waals surface area contributed by atoms with Gasteiger partial charge in [0.1, 0.15) is 12.4 Å². The second-order valence-electron chi connectivity index (χ2n) is 5.70. The summed E-state index contributed by atoms with van der Waals surface area (Å²) in [6, 6.07) is 3.59. The van der Waals surface area contributed by atoms with E-state index in [1.165, 1.54) is 11.1 Å². The topological polar surface area (TPSA) is 39.1 Å². The van der Waals surface area contributed by atoms with Crippen molar-refractivity contribution in [3.05, 3.63) is 51.3 Å². The highest BCUT2D eigenvalue weighted by Gasteiger charge is 2.15. The largest absolute Gasteiger partial charge is 0.487 e. The molecule has 0 aliphatic carbocycles. The molecule has 3 rings (SSSR count). The first-order valence-electron chi connectivity index (χ1n) is 7.61. The molecule has 0 unspecified atom stereocenters. The lowest BCUT2D eigenvalue weighted by Gasteiger charge is -2.19. The van der Waals surface area contributed by atoms with E-state index in [1.807, 2.05) is 24.0 Å². The summed E-state index contributed by atoms with van der Waals surface area (Å²) >= 11 is 12.2. The predicted molar refractivity (Wildman–Crippen MR) is 94.3 cm³/mol. The lowest BCUT2D eigenvalue weighted by Crippen LogP contribution is -2.23. The molecule has 23 heavy (non-hydrogen) atoms. The van der Waals surface area contributed by atoms with Crippen molar-refractivity contribution in [3.8, 4) is 5.75 Å². The van der Waals surface area contributed by atoms with Crippen LogP contribution in [0.1, 0.15) is 17.5 Å². The van der Waals surface area contributed by atoms with E-state index in [9.17, 15) is 0 Å². The third-order valence-electron chi connectivity index (χ3n) is 3.73. The number of benzene rings is 1. The zero-order valence-electron chi connectivity index (χ0n) is 13.0. The third-order valence-corrected chi connectivity index (χ3v) is 4.23. The van der Waals surface area contributed by atoms with Crippen molar-refractivity contribution in [1.29, 1.82) is 0 Å². The fourth-order valence-corrected chi connectivity index (χ4v) is 3.20. The van der Waals surface area contributed by atoms with Crippen LogP contribution in [0.3, 0.4) is 0 Å². The van der Waals surface area contributed by atoms with Crippen LogP contribution >= 0.6 is 23.2 Å². The van der Waals surface area contributed by atoms with Crippen molar-refractivity contribution in [2.45, 2.75) is 12.8 Å². The first-order chi connectivity index (χ1) is 11.1. The molecule has 0 spiro atoms. The maximum atomic E-state index is 6.14. The number of aromatic nitrogens is 2. The van der Waals surface area contributed by atoms with Crippen LogP contribution in [-0.4, -0.2) is 29.5 Å². The van der Waals surface area contributed by atoms with Gasteiger partial charge in [0, 0.05) is 30.4 Å². The lowest BCUT2D eigenvalue weighted by molar-refractivity contribution is 0.343. The van der Waals surface area contributed by atoms with E-state index < -0.39 is 0 Å². The van der Waals surface area contributed by atoms with Gasteiger partial charge >= 0.3 is 0 Å². The molecular formula is C17H19Cl2N3O. The van der Waals surface area contributed by atoms with Crippen molar-refractivity contribution in [2.75, 3.05) is 19.7 Å². The van der Waals surface area contributed by atoms with E-state index in [0.717, 1.165) is 37.2 Å². The third kappa shape index (κ3) is 4.28. The SMILES string of the molecule is Cn1cc(CCCNCC2=Cc3cc(Cl)cc(Cl)c3OC2)cn1. The minimum absolute atomic E-state index is 0.559. The molecule has 0 fully saturated rings. The second kappa shape index (κ2) is 7.39. The van der Waals surface area contributed by atoms with Crippen LogP contribution in [0.15, 0.2) is 30.1 Å². The van der Waals surface area contributed by atoms with Crippen molar-refractivity contribution in [1.82, 2.24) is 15.1 Å². The standard InChI is InChI=1S/C17H19Cl2N3O/c1-22-10-12(9-21-22)3-2-4-20-8-13-5-14-6-15(18)7-16(19)17(14)23-11-13/h5-7,9-10,20H,2-4,8,11H2,1H3. The molecular weight excluding hydrogens is 333 g/mol. The van der Waals surface area contributed by atoms with Crippen LogP contribution < -0.4 is 10.1 Å². The van der Waals surface area contributed by atoms with Gasteiger partial charge in [-0.1, -0.05) is 23.2 Å². The summed E-state index contributed by atoms with van der Waals surface area (Å²) in [7, 11) is 1.94. The smallest absolute Gasteiger partial charge is 0.145 e. The van der Waals surface area contributed by atoms with Gasteiger partial charge in [-0.15, -0.1) is 0 Å². The predicted octanol–water partition coefficient (Wildman–Crippen LogP) is 3.73. The second-order valence-corrected chi connectivity index (χ2v) is 6.54. The number of hydrogen-bond donors (Lipinski definition) is 1. The van der Waals surface area contributed by atoms with Crippen molar-refractivity contribution in [3.63, 3.8) is 0 Å². The maximum absolute atomic E-state index is 6.14. The van der Waals surface area contributed by atoms with Crippen LogP contribution in [-0.2, 0) is 13.5 Å². The number of rotatable bonds is 6. The highest BCUT2D eigenvalue weighted by Crippen LogP contribution is 2.36. The Labute approximate surface area is 146 Å². The molecule has 1 aliphatic heterocycles. The fourth-order valence-electron chi connectivity index (χ4n) is 2.64. The summed E-state index contributed by atoms with van der Waals surface area (Å²) in [5.41, 5.74) is 3.41. The van der Waals surface area contributed by atoms with Gasteiger partial charge < -0.3 is 10.1 Å².